The molecule has 0 aliphatic carbocycles. The van der Waals surface area contributed by atoms with Crippen LogP contribution < -0.4 is 16.0 Å². The van der Waals surface area contributed by atoms with Gasteiger partial charge in [0.1, 0.15) is 0 Å². The first-order chi connectivity index (χ1) is 12.6. The molecule has 0 atom stereocenters. The normalized spacial score (nSPS) is 14.4. The number of halogens is 1. The summed E-state index contributed by atoms with van der Waals surface area (Å²) in [6.07, 6.45) is -0.859. The van der Waals surface area contributed by atoms with E-state index in [2.05, 4.69) is 10.2 Å². The maximum absolute atomic E-state index is 11.1. The molecule has 3 rings (SSSR count). The average Bonchev–Trinajstić information content (AvgIpc) is 2.67. The second-order valence-corrected chi connectivity index (χ2v) is 6.68. The Labute approximate surface area is 158 Å². The lowest BCUT2D eigenvalue weighted by Crippen LogP contribution is -2.48. The predicted molar refractivity (Wildman–Crippen MR) is 105 cm³/mol. The number of carbonyl (C=O) groups is 1. The second-order valence-electron chi connectivity index (χ2n) is 6.24. The number of hydrogen-bond acceptors (Lipinski definition) is 4. The van der Waals surface area contributed by atoms with Gasteiger partial charge in [-0.25, -0.2) is 4.79 Å². The van der Waals surface area contributed by atoms with E-state index >= 15 is 0 Å². The van der Waals surface area contributed by atoms with E-state index < -0.39 is 6.09 Å². The van der Waals surface area contributed by atoms with Crippen molar-refractivity contribution in [2.45, 2.75) is 13.1 Å². The quantitative estimate of drug-likeness (QED) is 0.748. The van der Waals surface area contributed by atoms with E-state index in [0.29, 0.717) is 39.3 Å². The monoisotopic (exact) mass is 374 g/mol. The molecule has 1 aliphatic rings. The van der Waals surface area contributed by atoms with Crippen LogP contribution in [0.15, 0.2) is 42.5 Å². The number of piperazine rings is 1. The minimum absolute atomic E-state index is 0.415. The van der Waals surface area contributed by atoms with Gasteiger partial charge in [0, 0.05) is 61.2 Å². The van der Waals surface area contributed by atoms with Gasteiger partial charge >= 0.3 is 6.09 Å². The number of rotatable bonds is 5. The minimum Gasteiger partial charge on any atom is -0.465 e. The lowest BCUT2D eigenvalue weighted by Gasteiger charge is -2.36. The predicted octanol–water partition coefficient (Wildman–Crippen LogP) is 3.21. The van der Waals surface area contributed by atoms with Crippen molar-refractivity contribution in [1.82, 2.24) is 4.90 Å². The highest BCUT2D eigenvalue weighted by Crippen LogP contribution is 2.28. The topological polar surface area (TPSA) is 81.8 Å². The van der Waals surface area contributed by atoms with E-state index in [4.69, 9.17) is 22.4 Å². The fourth-order valence-corrected chi connectivity index (χ4v) is 3.32. The van der Waals surface area contributed by atoms with Gasteiger partial charge in [0.25, 0.3) is 0 Å². The molecule has 0 aromatic heterocycles. The van der Waals surface area contributed by atoms with E-state index in [9.17, 15) is 4.79 Å². The Morgan fingerprint density at radius 2 is 1.81 bits per heavy atom. The van der Waals surface area contributed by atoms with Gasteiger partial charge in [-0.05, 0) is 29.8 Å². The zero-order valence-corrected chi connectivity index (χ0v) is 15.2. The zero-order valence-electron chi connectivity index (χ0n) is 14.5. The third kappa shape index (κ3) is 4.20. The van der Waals surface area contributed by atoms with Crippen LogP contribution in [0, 0.1) is 0 Å². The summed E-state index contributed by atoms with van der Waals surface area (Å²) in [5.74, 6) is 0. The Morgan fingerprint density at radius 1 is 1.12 bits per heavy atom. The fourth-order valence-electron chi connectivity index (χ4n) is 3.19. The molecule has 7 heteroatoms. The molecule has 0 saturated carbocycles. The van der Waals surface area contributed by atoms with Gasteiger partial charge in [0.05, 0.1) is 0 Å². The fraction of sp³-hybridized carbons (Fsp3) is 0.316. The van der Waals surface area contributed by atoms with Gasteiger partial charge < -0.3 is 26.0 Å². The molecule has 0 spiro atoms. The maximum Gasteiger partial charge on any atom is 0.407 e. The molecule has 0 radical (unpaired) electrons. The molecule has 1 heterocycles. The molecule has 1 fully saturated rings. The number of nitrogens with zero attached hydrogens (tertiary/aromatic N) is 2. The molecule has 6 nitrogen and oxygen atoms in total. The van der Waals surface area contributed by atoms with Crippen molar-refractivity contribution < 1.29 is 9.90 Å². The van der Waals surface area contributed by atoms with Crippen LogP contribution >= 0.6 is 11.6 Å². The first-order valence-electron chi connectivity index (χ1n) is 8.61. The Hall–Kier alpha value is -2.44. The van der Waals surface area contributed by atoms with Gasteiger partial charge in [0.2, 0.25) is 0 Å². The standard InChI is InChI=1S/C19H23ClN4O2/c20-15-6-4-14(5-7-15)13-22-17-2-1-3-18(16(17)12-21)23-8-10-24(11-9-23)19(25)26/h1-7,22H,8-13,21H2,(H,25,26). The smallest absolute Gasteiger partial charge is 0.407 e. The van der Waals surface area contributed by atoms with E-state index in [1.807, 2.05) is 42.5 Å². The highest BCUT2D eigenvalue weighted by molar-refractivity contribution is 6.30. The molecule has 1 amide bonds. The van der Waals surface area contributed by atoms with Gasteiger partial charge in [-0.2, -0.15) is 0 Å². The summed E-state index contributed by atoms with van der Waals surface area (Å²) >= 11 is 5.93. The van der Waals surface area contributed by atoms with Crippen molar-refractivity contribution in [3.05, 3.63) is 58.6 Å². The Balaban J connectivity index is 1.73. The number of anilines is 2. The van der Waals surface area contributed by atoms with E-state index in [-0.39, 0.29) is 0 Å². The van der Waals surface area contributed by atoms with Gasteiger partial charge in [0.15, 0.2) is 0 Å². The van der Waals surface area contributed by atoms with Crippen LogP contribution in [0.4, 0.5) is 16.2 Å². The number of nitrogens with one attached hydrogen (secondary N) is 1. The van der Waals surface area contributed by atoms with Gasteiger partial charge in [-0.15, -0.1) is 0 Å². The van der Waals surface area contributed by atoms with Crippen molar-refractivity contribution >= 4 is 29.1 Å². The molecule has 2 aromatic rings. The third-order valence-corrected chi connectivity index (χ3v) is 4.89. The van der Waals surface area contributed by atoms with Gasteiger partial charge in [-0.3, -0.25) is 0 Å². The average molecular weight is 375 g/mol. The van der Waals surface area contributed by atoms with Crippen LogP contribution in [0.2, 0.25) is 5.02 Å². The van der Waals surface area contributed by atoms with Crippen LogP contribution in [0.25, 0.3) is 0 Å². The lowest BCUT2D eigenvalue weighted by atomic mass is 10.1. The Bertz CT molecular complexity index is 759. The summed E-state index contributed by atoms with van der Waals surface area (Å²) in [5.41, 5.74) is 10.3. The highest BCUT2D eigenvalue weighted by atomic mass is 35.5. The molecule has 0 bridgehead atoms. The molecule has 1 aliphatic heterocycles. The number of hydrogen-bond donors (Lipinski definition) is 3. The highest BCUT2D eigenvalue weighted by Gasteiger charge is 2.22. The molecule has 2 aromatic carbocycles. The maximum atomic E-state index is 11.1. The third-order valence-electron chi connectivity index (χ3n) is 4.64. The van der Waals surface area contributed by atoms with Crippen molar-refractivity contribution in [3.63, 3.8) is 0 Å². The minimum atomic E-state index is -0.859. The van der Waals surface area contributed by atoms with Crippen molar-refractivity contribution in [1.29, 1.82) is 0 Å². The van der Waals surface area contributed by atoms with Crippen molar-refractivity contribution in [2.24, 2.45) is 5.73 Å². The Morgan fingerprint density at radius 3 is 2.42 bits per heavy atom. The largest absolute Gasteiger partial charge is 0.465 e. The molecular formula is C19H23ClN4O2. The SMILES string of the molecule is NCc1c(NCc2ccc(Cl)cc2)cccc1N1CCN(C(=O)O)CC1. The molecule has 138 valence electrons. The summed E-state index contributed by atoms with van der Waals surface area (Å²) in [4.78, 5) is 14.7. The lowest BCUT2D eigenvalue weighted by molar-refractivity contribution is 0.142. The first kappa shape index (κ1) is 18.4. The van der Waals surface area contributed by atoms with E-state index in [1.165, 1.54) is 4.90 Å². The summed E-state index contributed by atoms with van der Waals surface area (Å²) in [5, 5.41) is 13.3. The molecule has 0 unspecified atom stereocenters. The van der Waals surface area contributed by atoms with Crippen LogP contribution in [0.3, 0.4) is 0 Å². The van der Waals surface area contributed by atoms with Crippen molar-refractivity contribution in [3.8, 4) is 0 Å². The van der Waals surface area contributed by atoms with Crippen LogP contribution in [0.5, 0.6) is 0 Å². The summed E-state index contributed by atoms with van der Waals surface area (Å²) in [6.45, 7) is 3.43. The molecule has 1 saturated heterocycles. The number of benzene rings is 2. The summed E-state index contributed by atoms with van der Waals surface area (Å²) < 4.78 is 0. The van der Waals surface area contributed by atoms with Crippen molar-refractivity contribution in [2.75, 3.05) is 36.4 Å². The summed E-state index contributed by atoms with van der Waals surface area (Å²) in [6, 6.07) is 13.8. The zero-order chi connectivity index (χ0) is 18.5. The van der Waals surface area contributed by atoms with Gasteiger partial charge in [-0.1, -0.05) is 29.8 Å². The van der Waals surface area contributed by atoms with E-state index in [1.54, 1.807) is 0 Å². The Kier molecular flexibility index (Phi) is 5.85. The second kappa shape index (κ2) is 8.29. The van der Waals surface area contributed by atoms with Crippen LogP contribution in [-0.2, 0) is 13.1 Å². The summed E-state index contributed by atoms with van der Waals surface area (Å²) in [7, 11) is 0. The molecule has 26 heavy (non-hydrogen) atoms. The molecular weight excluding hydrogens is 352 g/mol. The molecule has 4 N–H and O–H groups in total. The number of nitrogens with two attached hydrogens (primary N) is 1. The number of amides is 1. The first-order valence-corrected chi connectivity index (χ1v) is 8.99. The van der Waals surface area contributed by atoms with E-state index in [0.717, 1.165) is 27.5 Å². The number of carboxylic acid groups (broad SMARTS) is 1. The van der Waals surface area contributed by atoms with Crippen LogP contribution in [-0.4, -0.2) is 42.3 Å². The van der Waals surface area contributed by atoms with Crippen LogP contribution in [0.1, 0.15) is 11.1 Å².